The highest BCUT2D eigenvalue weighted by atomic mass is 16.2. The molecule has 2 atom stereocenters. The van der Waals surface area contributed by atoms with E-state index in [1.165, 1.54) is 0 Å². The second-order valence-electron chi connectivity index (χ2n) is 5.73. The second kappa shape index (κ2) is 6.74. The van der Waals surface area contributed by atoms with Crippen molar-refractivity contribution in [2.45, 2.75) is 52.1 Å². The van der Waals surface area contributed by atoms with E-state index < -0.39 is 5.91 Å². The molecule has 0 saturated carbocycles. The highest BCUT2D eigenvalue weighted by Crippen LogP contribution is 2.24. The Labute approximate surface area is 126 Å². The van der Waals surface area contributed by atoms with E-state index in [1.807, 2.05) is 51.1 Å². The predicted molar refractivity (Wildman–Crippen MR) is 84.1 cm³/mol. The molecule has 21 heavy (non-hydrogen) atoms. The van der Waals surface area contributed by atoms with Crippen molar-refractivity contribution in [3.63, 3.8) is 0 Å². The summed E-state index contributed by atoms with van der Waals surface area (Å²) in [5, 5.41) is 0. The Morgan fingerprint density at radius 2 is 1.71 bits per heavy atom. The lowest BCUT2D eigenvalue weighted by Crippen LogP contribution is -2.53. The number of benzene rings is 1. The van der Waals surface area contributed by atoms with Crippen LogP contribution in [-0.2, 0) is 9.59 Å². The zero-order valence-electron chi connectivity index (χ0n) is 13.1. The third-order valence-electron chi connectivity index (χ3n) is 4.24. The first-order chi connectivity index (χ1) is 10.1. The molecule has 0 aliphatic carbocycles. The number of amides is 2. The molecule has 0 radical (unpaired) electrons. The summed E-state index contributed by atoms with van der Waals surface area (Å²) in [7, 11) is 0. The minimum atomic E-state index is -0.427. The van der Waals surface area contributed by atoms with Crippen molar-refractivity contribution < 1.29 is 9.59 Å². The third kappa shape index (κ3) is 3.26. The van der Waals surface area contributed by atoms with Crippen molar-refractivity contribution >= 4 is 17.5 Å². The normalized spacial score (nSPS) is 22.0. The summed E-state index contributed by atoms with van der Waals surface area (Å²) >= 11 is 0. The first-order valence-electron chi connectivity index (χ1n) is 7.75. The fourth-order valence-corrected chi connectivity index (χ4v) is 3.10. The molecular formula is C17H24N2O2. The van der Waals surface area contributed by atoms with E-state index in [1.54, 1.807) is 9.80 Å². The molecule has 1 heterocycles. The molecule has 1 fully saturated rings. The monoisotopic (exact) mass is 288 g/mol. The molecule has 0 bridgehead atoms. The average Bonchev–Trinajstić information content (AvgIpc) is 2.48. The lowest BCUT2D eigenvalue weighted by molar-refractivity contribution is -0.148. The van der Waals surface area contributed by atoms with Gasteiger partial charge in [-0.2, -0.15) is 0 Å². The maximum atomic E-state index is 12.6. The van der Waals surface area contributed by atoms with Crippen LogP contribution in [0.25, 0.3) is 0 Å². The fourth-order valence-electron chi connectivity index (χ4n) is 3.10. The average molecular weight is 288 g/mol. The number of carbonyl (C=O) groups is 2. The summed E-state index contributed by atoms with van der Waals surface area (Å²) in [4.78, 5) is 28.5. The van der Waals surface area contributed by atoms with Crippen LogP contribution in [0.3, 0.4) is 0 Å². The Balaban J connectivity index is 2.19. The maximum absolute atomic E-state index is 12.6. The number of likely N-dealkylation sites (tertiary alicyclic amines) is 1. The van der Waals surface area contributed by atoms with Crippen LogP contribution in [-0.4, -0.2) is 35.3 Å². The smallest absolute Gasteiger partial charge is 0.316 e. The SMILES string of the molecule is CCN(C(=O)C(=O)N1C(C)CCCC1C)c1ccccc1. The summed E-state index contributed by atoms with van der Waals surface area (Å²) in [6.07, 6.45) is 3.07. The summed E-state index contributed by atoms with van der Waals surface area (Å²) in [6, 6.07) is 9.65. The molecule has 4 heteroatoms. The van der Waals surface area contributed by atoms with E-state index in [0.29, 0.717) is 6.54 Å². The summed E-state index contributed by atoms with van der Waals surface area (Å²) in [5.74, 6) is -0.801. The van der Waals surface area contributed by atoms with Gasteiger partial charge in [0.1, 0.15) is 0 Å². The van der Waals surface area contributed by atoms with Crippen molar-refractivity contribution in [3.05, 3.63) is 30.3 Å². The molecule has 1 saturated heterocycles. The van der Waals surface area contributed by atoms with E-state index >= 15 is 0 Å². The molecule has 1 aromatic carbocycles. The van der Waals surface area contributed by atoms with Crippen LogP contribution >= 0.6 is 0 Å². The number of likely N-dealkylation sites (N-methyl/N-ethyl adjacent to an activating group) is 1. The minimum Gasteiger partial charge on any atom is -0.329 e. The van der Waals surface area contributed by atoms with Gasteiger partial charge in [0.2, 0.25) is 0 Å². The van der Waals surface area contributed by atoms with E-state index in [9.17, 15) is 9.59 Å². The largest absolute Gasteiger partial charge is 0.329 e. The lowest BCUT2D eigenvalue weighted by Gasteiger charge is -2.39. The Kier molecular flexibility index (Phi) is 4.99. The molecular weight excluding hydrogens is 264 g/mol. The molecule has 114 valence electrons. The van der Waals surface area contributed by atoms with E-state index in [-0.39, 0.29) is 18.0 Å². The standard InChI is InChI=1S/C17H24N2O2/c1-4-18(15-11-6-5-7-12-15)16(20)17(21)19-13(2)9-8-10-14(19)3/h5-7,11-14H,4,8-10H2,1-3H3. The van der Waals surface area contributed by atoms with Crippen LogP contribution in [0.4, 0.5) is 5.69 Å². The number of piperidine rings is 1. The third-order valence-corrected chi connectivity index (χ3v) is 4.24. The van der Waals surface area contributed by atoms with Crippen molar-refractivity contribution in [2.24, 2.45) is 0 Å². The van der Waals surface area contributed by atoms with Crippen molar-refractivity contribution in [3.8, 4) is 0 Å². The van der Waals surface area contributed by atoms with Crippen LogP contribution in [0.2, 0.25) is 0 Å². The number of nitrogens with zero attached hydrogens (tertiary/aromatic N) is 2. The molecule has 1 aromatic rings. The molecule has 2 amide bonds. The van der Waals surface area contributed by atoms with Crippen LogP contribution in [0.15, 0.2) is 30.3 Å². The number of rotatable bonds is 2. The molecule has 4 nitrogen and oxygen atoms in total. The Bertz CT molecular complexity index is 491. The summed E-state index contributed by atoms with van der Waals surface area (Å²) in [6.45, 7) is 6.44. The summed E-state index contributed by atoms with van der Waals surface area (Å²) < 4.78 is 0. The van der Waals surface area contributed by atoms with Gasteiger partial charge in [0.15, 0.2) is 0 Å². The zero-order valence-corrected chi connectivity index (χ0v) is 13.1. The van der Waals surface area contributed by atoms with E-state index in [4.69, 9.17) is 0 Å². The predicted octanol–water partition coefficient (Wildman–Crippen LogP) is 2.83. The van der Waals surface area contributed by atoms with Gasteiger partial charge >= 0.3 is 11.8 Å². The maximum Gasteiger partial charge on any atom is 0.316 e. The van der Waals surface area contributed by atoms with Gasteiger partial charge in [0, 0.05) is 24.3 Å². The van der Waals surface area contributed by atoms with Gasteiger partial charge in [-0.15, -0.1) is 0 Å². The number of anilines is 1. The van der Waals surface area contributed by atoms with Gasteiger partial charge in [-0.1, -0.05) is 18.2 Å². The van der Waals surface area contributed by atoms with Gasteiger partial charge in [-0.3, -0.25) is 9.59 Å². The van der Waals surface area contributed by atoms with Gasteiger partial charge in [-0.05, 0) is 52.2 Å². The van der Waals surface area contributed by atoms with Gasteiger partial charge in [0.25, 0.3) is 0 Å². The zero-order chi connectivity index (χ0) is 15.4. The number of hydrogen-bond donors (Lipinski definition) is 0. The molecule has 2 unspecified atom stereocenters. The Morgan fingerprint density at radius 3 is 2.24 bits per heavy atom. The Hall–Kier alpha value is -1.84. The molecule has 0 spiro atoms. The molecule has 2 rings (SSSR count). The van der Waals surface area contributed by atoms with Crippen molar-refractivity contribution in [1.82, 2.24) is 4.90 Å². The van der Waals surface area contributed by atoms with E-state index in [2.05, 4.69) is 0 Å². The van der Waals surface area contributed by atoms with Crippen molar-refractivity contribution in [2.75, 3.05) is 11.4 Å². The van der Waals surface area contributed by atoms with Crippen LogP contribution in [0.1, 0.15) is 40.0 Å². The van der Waals surface area contributed by atoms with Gasteiger partial charge < -0.3 is 9.80 Å². The lowest BCUT2D eigenvalue weighted by atomic mass is 9.97. The van der Waals surface area contributed by atoms with Gasteiger partial charge in [-0.25, -0.2) is 0 Å². The fraction of sp³-hybridized carbons (Fsp3) is 0.529. The molecule has 1 aliphatic rings. The second-order valence-corrected chi connectivity index (χ2v) is 5.73. The topological polar surface area (TPSA) is 40.6 Å². The van der Waals surface area contributed by atoms with Gasteiger partial charge in [0.05, 0.1) is 0 Å². The van der Waals surface area contributed by atoms with Crippen LogP contribution < -0.4 is 4.90 Å². The molecule has 1 aliphatic heterocycles. The number of hydrogen-bond acceptors (Lipinski definition) is 2. The molecule has 0 aromatic heterocycles. The quantitative estimate of drug-likeness (QED) is 0.785. The number of para-hydroxylation sites is 1. The molecule has 0 N–H and O–H groups in total. The van der Waals surface area contributed by atoms with Crippen molar-refractivity contribution in [1.29, 1.82) is 0 Å². The summed E-state index contributed by atoms with van der Waals surface area (Å²) in [5.41, 5.74) is 0.774. The van der Waals surface area contributed by atoms with Crippen LogP contribution in [0, 0.1) is 0 Å². The minimum absolute atomic E-state index is 0.139. The Morgan fingerprint density at radius 1 is 1.14 bits per heavy atom. The highest BCUT2D eigenvalue weighted by molar-refractivity contribution is 6.40. The first-order valence-corrected chi connectivity index (χ1v) is 7.75. The highest BCUT2D eigenvalue weighted by Gasteiger charge is 2.34. The van der Waals surface area contributed by atoms with E-state index in [0.717, 1.165) is 24.9 Å². The number of carbonyl (C=O) groups excluding carboxylic acids is 2. The van der Waals surface area contributed by atoms with Crippen LogP contribution in [0.5, 0.6) is 0 Å². The first kappa shape index (κ1) is 15.5.